The second kappa shape index (κ2) is 10.4. The van der Waals surface area contributed by atoms with E-state index in [1.54, 1.807) is 0 Å². The molecule has 1 aromatic carbocycles. The van der Waals surface area contributed by atoms with Gasteiger partial charge in [-0.2, -0.15) is 31.3 Å². The van der Waals surface area contributed by atoms with E-state index in [0.717, 1.165) is 18.2 Å². The molecule has 1 saturated heterocycles. The van der Waals surface area contributed by atoms with Crippen LogP contribution >= 0.6 is 0 Å². The minimum Gasteiger partial charge on any atom is -0.355 e. The van der Waals surface area contributed by atoms with Crippen LogP contribution in [0.5, 0.6) is 0 Å². The number of halogens is 8. The topological polar surface area (TPSA) is 57.2 Å². The van der Waals surface area contributed by atoms with Crippen LogP contribution in [0.25, 0.3) is 0 Å². The van der Waals surface area contributed by atoms with Crippen LogP contribution < -0.4 is 15.1 Å². The fourth-order valence-corrected chi connectivity index (χ4v) is 4.93. The van der Waals surface area contributed by atoms with Gasteiger partial charge in [0.25, 0.3) is 5.92 Å². The van der Waals surface area contributed by atoms with Crippen LogP contribution in [0.1, 0.15) is 35.2 Å². The van der Waals surface area contributed by atoms with Crippen molar-refractivity contribution in [1.82, 2.24) is 15.0 Å². The molecule has 40 heavy (non-hydrogen) atoms. The Balaban J connectivity index is 1.50. The van der Waals surface area contributed by atoms with Crippen molar-refractivity contribution in [2.24, 2.45) is 0 Å². The lowest BCUT2D eigenvalue weighted by Gasteiger charge is -2.33. The lowest BCUT2D eigenvalue weighted by molar-refractivity contribution is -0.138. The van der Waals surface area contributed by atoms with Gasteiger partial charge in [-0.3, -0.25) is 0 Å². The molecule has 2 aliphatic heterocycles. The number of piperidine rings is 1. The highest BCUT2D eigenvalue weighted by Gasteiger charge is 2.38. The first-order valence-electron chi connectivity index (χ1n) is 12.5. The first-order valence-corrected chi connectivity index (χ1v) is 12.5. The number of pyridine rings is 1. The number of anilines is 4. The molecule has 0 amide bonds. The van der Waals surface area contributed by atoms with Gasteiger partial charge < -0.3 is 15.1 Å². The van der Waals surface area contributed by atoms with Gasteiger partial charge in [0.15, 0.2) is 0 Å². The summed E-state index contributed by atoms with van der Waals surface area (Å²) in [5.74, 6) is -2.95. The summed E-state index contributed by atoms with van der Waals surface area (Å²) in [4.78, 5) is 15.8. The van der Waals surface area contributed by atoms with Gasteiger partial charge in [-0.05, 0) is 49.2 Å². The maximum absolute atomic E-state index is 14.2. The molecule has 0 radical (unpaired) electrons. The first-order chi connectivity index (χ1) is 18.8. The van der Waals surface area contributed by atoms with Crippen molar-refractivity contribution in [2.75, 3.05) is 41.3 Å². The van der Waals surface area contributed by atoms with Crippen molar-refractivity contribution in [3.63, 3.8) is 0 Å². The van der Waals surface area contributed by atoms with Crippen molar-refractivity contribution < 1.29 is 35.1 Å². The largest absolute Gasteiger partial charge is 0.419 e. The predicted molar refractivity (Wildman–Crippen MR) is 132 cm³/mol. The SMILES string of the molecule is FC1(F)CCCN(c2nc3c(c(Nc4ccc(C(F)(F)F)cc4)n2)CCN(c2ncccc2C(F)(F)F)CC3)C1. The standard InChI is InChI=1S/C26H24F8N6/c27-24(28)10-2-12-40(15-24)23-37-20-9-14-39(22-19(26(32,33)34)3-1-11-35-22)13-8-18(20)21(38-23)36-17-6-4-16(5-7-17)25(29,30)31/h1,3-7,11H,2,8-10,12-15H2,(H,36,37,38). The lowest BCUT2D eigenvalue weighted by Crippen LogP contribution is -2.43. The third kappa shape index (κ3) is 6.04. The molecule has 2 aliphatic rings. The molecule has 6 nitrogen and oxygen atoms in total. The molecule has 4 heterocycles. The molecule has 1 fully saturated rings. The van der Waals surface area contributed by atoms with Crippen LogP contribution in [0.4, 0.5) is 58.4 Å². The van der Waals surface area contributed by atoms with Crippen LogP contribution in [-0.4, -0.2) is 47.1 Å². The average Bonchev–Trinajstić information content (AvgIpc) is 3.10. The van der Waals surface area contributed by atoms with Gasteiger partial charge >= 0.3 is 12.4 Å². The fraction of sp³-hybridized carbons (Fsp3) is 0.423. The molecular formula is C26H24F8N6. The Bertz CT molecular complexity index is 1360. The van der Waals surface area contributed by atoms with Crippen molar-refractivity contribution >= 4 is 23.3 Å². The Hall–Kier alpha value is -3.71. The van der Waals surface area contributed by atoms with Crippen LogP contribution in [0.2, 0.25) is 0 Å². The van der Waals surface area contributed by atoms with E-state index in [9.17, 15) is 35.1 Å². The highest BCUT2D eigenvalue weighted by atomic mass is 19.4. The minimum absolute atomic E-state index is 0.0230. The normalized spacial score (nSPS) is 17.8. The van der Waals surface area contributed by atoms with E-state index in [2.05, 4.69) is 20.3 Å². The molecule has 5 rings (SSSR count). The minimum atomic E-state index is -4.62. The summed E-state index contributed by atoms with van der Waals surface area (Å²) >= 11 is 0. The zero-order valence-electron chi connectivity index (χ0n) is 21.0. The lowest BCUT2D eigenvalue weighted by atomic mass is 10.1. The number of nitrogens with one attached hydrogen (secondary N) is 1. The molecule has 0 saturated carbocycles. The Morgan fingerprint density at radius 2 is 1.55 bits per heavy atom. The van der Waals surface area contributed by atoms with Crippen molar-refractivity contribution in [2.45, 2.75) is 44.0 Å². The van der Waals surface area contributed by atoms with Crippen LogP contribution in [0.3, 0.4) is 0 Å². The zero-order chi connectivity index (χ0) is 28.7. The second-order valence-corrected chi connectivity index (χ2v) is 9.74. The third-order valence-electron chi connectivity index (χ3n) is 6.87. The van der Waals surface area contributed by atoms with Gasteiger partial charge in [-0.15, -0.1) is 0 Å². The van der Waals surface area contributed by atoms with E-state index in [1.807, 2.05) is 0 Å². The number of aromatic nitrogens is 3. The highest BCUT2D eigenvalue weighted by molar-refractivity contribution is 5.63. The summed E-state index contributed by atoms with van der Waals surface area (Å²) in [6.07, 6.45) is -7.58. The summed E-state index contributed by atoms with van der Waals surface area (Å²) < 4.78 is 108. The number of hydrogen-bond acceptors (Lipinski definition) is 6. The number of nitrogens with zero attached hydrogens (tertiary/aromatic N) is 5. The van der Waals surface area contributed by atoms with E-state index < -0.39 is 35.9 Å². The van der Waals surface area contributed by atoms with Crippen LogP contribution in [0.15, 0.2) is 42.6 Å². The molecule has 14 heteroatoms. The first kappa shape index (κ1) is 27.8. The molecule has 214 valence electrons. The number of rotatable bonds is 4. The number of benzene rings is 1. The monoisotopic (exact) mass is 572 g/mol. The van der Waals surface area contributed by atoms with Gasteiger partial charge in [0.05, 0.1) is 23.4 Å². The van der Waals surface area contributed by atoms with Crippen molar-refractivity contribution in [3.05, 3.63) is 65.0 Å². The molecule has 0 spiro atoms. The van der Waals surface area contributed by atoms with E-state index in [4.69, 9.17) is 0 Å². The van der Waals surface area contributed by atoms with Crippen molar-refractivity contribution in [1.29, 1.82) is 0 Å². The summed E-state index contributed by atoms with van der Waals surface area (Å²) in [7, 11) is 0. The Morgan fingerprint density at radius 3 is 2.23 bits per heavy atom. The van der Waals surface area contributed by atoms with E-state index in [1.165, 1.54) is 34.2 Å². The quantitative estimate of drug-likeness (QED) is 0.361. The third-order valence-corrected chi connectivity index (χ3v) is 6.87. The number of hydrogen-bond donors (Lipinski definition) is 1. The molecule has 2 aromatic heterocycles. The highest BCUT2D eigenvalue weighted by Crippen LogP contribution is 2.37. The number of alkyl halides is 8. The summed E-state index contributed by atoms with van der Waals surface area (Å²) in [5, 5.41) is 2.98. The molecule has 3 aromatic rings. The second-order valence-electron chi connectivity index (χ2n) is 9.74. The summed E-state index contributed by atoms with van der Waals surface area (Å²) in [5.41, 5.74) is -0.456. The molecule has 0 atom stereocenters. The predicted octanol–water partition coefficient (Wildman–Crippen LogP) is 6.49. The molecular weight excluding hydrogens is 548 g/mol. The Labute approximate surface area is 224 Å². The van der Waals surface area contributed by atoms with Gasteiger partial charge in [-0.25, -0.2) is 18.7 Å². The maximum atomic E-state index is 14.2. The summed E-state index contributed by atoms with van der Waals surface area (Å²) in [6.45, 7) is -0.0672. The molecule has 1 N–H and O–H groups in total. The van der Waals surface area contributed by atoms with E-state index in [-0.39, 0.29) is 68.6 Å². The van der Waals surface area contributed by atoms with Gasteiger partial charge in [0.1, 0.15) is 11.6 Å². The van der Waals surface area contributed by atoms with Crippen molar-refractivity contribution in [3.8, 4) is 0 Å². The zero-order valence-corrected chi connectivity index (χ0v) is 21.0. The van der Waals surface area contributed by atoms with E-state index in [0.29, 0.717) is 11.3 Å². The Morgan fingerprint density at radius 1 is 0.825 bits per heavy atom. The van der Waals surface area contributed by atoms with Gasteiger partial charge in [0, 0.05) is 49.9 Å². The van der Waals surface area contributed by atoms with Gasteiger partial charge in [0.2, 0.25) is 5.95 Å². The molecule has 0 aliphatic carbocycles. The Kier molecular flexibility index (Phi) is 7.21. The van der Waals surface area contributed by atoms with E-state index >= 15 is 0 Å². The smallest absolute Gasteiger partial charge is 0.355 e. The van der Waals surface area contributed by atoms with Crippen LogP contribution in [-0.2, 0) is 25.2 Å². The number of fused-ring (bicyclic) bond motifs is 1. The van der Waals surface area contributed by atoms with Crippen LogP contribution in [0, 0.1) is 0 Å². The average molecular weight is 573 g/mol. The summed E-state index contributed by atoms with van der Waals surface area (Å²) in [6, 6.07) is 6.39. The maximum Gasteiger partial charge on any atom is 0.419 e. The molecule has 0 bridgehead atoms. The fourth-order valence-electron chi connectivity index (χ4n) is 4.93. The van der Waals surface area contributed by atoms with Gasteiger partial charge in [-0.1, -0.05) is 0 Å². The molecule has 0 unspecified atom stereocenters.